The van der Waals surface area contributed by atoms with Crippen LogP contribution in [0.4, 0.5) is 11.4 Å². The quantitative estimate of drug-likeness (QED) is 0.372. The summed E-state index contributed by atoms with van der Waals surface area (Å²) in [6.07, 6.45) is 1.60. The van der Waals surface area contributed by atoms with Crippen LogP contribution >= 0.6 is 11.8 Å². The molecule has 1 saturated heterocycles. The minimum atomic E-state index is -0.454. The maximum absolute atomic E-state index is 12.3. The summed E-state index contributed by atoms with van der Waals surface area (Å²) in [6.45, 7) is 1.95. The second-order valence-electron chi connectivity index (χ2n) is 6.24. The first-order chi connectivity index (χ1) is 14.0. The van der Waals surface area contributed by atoms with Crippen molar-refractivity contribution in [2.75, 3.05) is 0 Å². The van der Waals surface area contributed by atoms with Gasteiger partial charge in [0.1, 0.15) is 11.5 Å². The molecule has 8 heteroatoms. The molecule has 144 valence electrons. The molecule has 2 heterocycles. The van der Waals surface area contributed by atoms with Crippen molar-refractivity contribution in [2.45, 2.75) is 6.92 Å². The van der Waals surface area contributed by atoms with Crippen LogP contribution in [-0.2, 0) is 4.79 Å². The van der Waals surface area contributed by atoms with Crippen LogP contribution in [0.15, 0.2) is 75.0 Å². The van der Waals surface area contributed by atoms with Gasteiger partial charge < -0.3 is 9.73 Å². The maximum atomic E-state index is 12.3. The highest BCUT2D eigenvalue weighted by molar-refractivity contribution is 8.18. The molecular formula is C21H15N3O4S. The zero-order valence-corrected chi connectivity index (χ0v) is 16.1. The fraction of sp³-hybridized carbons (Fsp3) is 0.0476. The third-order valence-electron chi connectivity index (χ3n) is 4.25. The summed E-state index contributed by atoms with van der Waals surface area (Å²) < 4.78 is 5.73. The molecule has 1 amide bonds. The molecule has 1 fully saturated rings. The number of thioether (sulfide) groups is 1. The summed E-state index contributed by atoms with van der Waals surface area (Å²) >= 11 is 1.21. The number of amidine groups is 1. The highest BCUT2D eigenvalue weighted by atomic mass is 32.2. The number of carbonyl (C=O) groups excluding carboxylic acids is 1. The number of nitrogens with one attached hydrogen (secondary N) is 1. The Labute approximate surface area is 170 Å². The van der Waals surface area contributed by atoms with E-state index in [9.17, 15) is 14.9 Å². The van der Waals surface area contributed by atoms with Gasteiger partial charge >= 0.3 is 0 Å². The molecule has 1 N–H and O–H groups in total. The number of benzene rings is 2. The van der Waals surface area contributed by atoms with E-state index in [4.69, 9.17) is 4.42 Å². The van der Waals surface area contributed by atoms with Gasteiger partial charge in [-0.2, -0.15) is 0 Å². The van der Waals surface area contributed by atoms with Crippen molar-refractivity contribution in [2.24, 2.45) is 4.99 Å². The second kappa shape index (κ2) is 7.76. The molecule has 0 aliphatic carbocycles. The van der Waals surface area contributed by atoms with Crippen LogP contribution in [0.1, 0.15) is 11.3 Å². The van der Waals surface area contributed by atoms with E-state index in [1.165, 1.54) is 17.8 Å². The Balaban J connectivity index is 1.59. The van der Waals surface area contributed by atoms with E-state index in [2.05, 4.69) is 10.3 Å². The van der Waals surface area contributed by atoms with Gasteiger partial charge in [0.2, 0.25) is 0 Å². The lowest BCUT2D eigenvalue weighted by Crippen LogP contribution is -2.19. The second-order valence-corrected chi connectivity index (χ2v) is 7.28. The minimum Gasteiger partial charge on any atom is -0.456 e. The smallest absolute Gasteiger partial charge is 0.280 e. The number of aliphatic imine (C=N–C) groups is 1. The number of hydrogen-bond donors (Lipinski definition) is 1. The number of nitro benzene ring substituents is 1. The van der Waals surface area contributed by atoms with Crippen LogP contribution in [0, 0.1) is 17.0 Å². The molecule has 29 heavy (non-hydrogen) atoms. The SMILES string of the molecule is Cc1ccccc1N=C1NC(=O)/C(=C/c2ccc(-c3ccccc3[N+](=O)[O-])o2)S1. The van der Waals surface area contributed by atoms with Gasteiger partial charge in [0.25, 0.3) is 11.6 Å². The summed E-state index contributed by atoms with van der Waals surface area (Å²) in [7, 11) is 0. The van der Waals surface area contributed by atoms with Crippen molar-refractivity contribution in [3.05, 3.63) is 87.0 Å². The first kappa shape index (κ1) is 18.7. The van der Waals surface area contributed by atoms with Crippen LogP contribution < -0.4 is 5.32 Å². The van der Waals surface area contributed by atoms with E-state index in [1.54, 1.807) is 36.4 Å². The highest BCUT2D eigenvalue weighted by Crippen LogP contribution is 2.33. The summed E-state index contributed by atoms with van der Waals surface area (Å²) in [4.78, 5) is 28.0. The minimum absolute atomic E-state index is 0.0401. The maximum Gasteiger partial charge on any atom is 0.280 e. The van der Waals surface area contributed by atoms with Gasteiger partial charge in [-0.25, -0.2) is 4.99 Å². The largest absolute Gasteiger partial charge is 0.456 e. The number of aryl methyl sites for hydroxylation is 1. The van der Waals surface area contributed by atoms with E-state index in [0.29, 0.717) is 27.2 Å². The van der Waals surface area contributed by atoms with E-state index in [1.807, 2.05) is 31.2 Å². The van der Waals surface area contributed by atoms with Gasteiger partial charge in [-0.1, -0.05) is 30.3 Å². The number of hydrogen-bond acceptors (Lipinski definition) is 6. The Morgan fingerprint density at radius 1 is 1.10 bits per heavy atom. The third-order valence-corrected chi connectivity index (χ3v) is 5.16. The molecule has 1 aliphatic heterocycles. The standard InChI is InChI=1S/C21H15N3O4S/c1-13-6-2-4-8-16(13)22-21-23-20(25)19(29-21)12-14-10-11-18(28-14)15-7-3-5-9-17(15)24(26)27/h2-12H,1H3,(H,22,23,25)/b19-12-. The third kappa shape index (κ3) is 3.97. The van der Waals surface area contributed by atoms with Crippen molar-refractivity contribution in [3.63, 3.8) is 0 Å². The molecule has 0 atom stereocenters. The van der Waals surface area contributed by atoms with Gasteiger partial charge in [-0.15, -0.1) is 0 Å². The molecule has 4 rings (SSSR count). The van der Waals surface area contributed by atoms with E-state index in [0.717, 1.165) is 11.3 Å². The average Bonchev–Trinajstić information content (AvgIpc) is 3.30. The predicted octanol–water partition coefficient (Wildman–Crippen LogP) is 5.05. The van der Waals surface area contributed by atoms with Gasteiger partial charge in [-0.05, 0) is 48.5 Å². The molecule has 3 aromatic rings. The van der Waals surface area contributed by atoms with Crippen molar-refractivity contribution in [1.29, 1.82) is 0 Å². The molecule has 2 aromatic carbocycles. The summed E-state index contributed by atoms with van der Waals surface area (Å²) in [6, 6.07) is 17.3. The average molecular weight is 405 g/mol. The van der Waals surface area contributed by atoms with Gasteiger partial charge in [0.15, 0.2) is 5.17 Å². The van der Waals surface area contributed by atoms with Crippen LogP contribution in [0.3, 0.4) is 0 Å². The molecule has 1 aromatic heterocycles. The Morgan fingerprint density at radius 2 is 1.86 bits per heavy atom. The first-order valence-electron chi connectivity index (χ1n) is 8.70. The van der Waals surface area contributed by atoms with Crippen LogP contribution in [-0.4, -0.2) is 16.0 Å². The lowest BCUT2D eigenvalue weighted by molar-refractivity contribution is -0.384. The van der Waals surface area contributed by atoms with Crippen LogP contribution in [0.2, 0.25) is 0 Å². The van der Waals surface area contributed by atoms with Crippen molar-refractivity contribution < 1.29 is 14.1 Å². The summed E-state index contributed by atoms with van der Waals surface area (Å²) in [5, 5.41) is 14.4. The van der Waals surface area contributed by atoms with Crippen molar-refractivity contribution in [1.82, 2.24) is 5.32 Å². The predicted molar refractivity (Wildman–Crippen MR) is 113 cm³/mol. The fourth-order valence-corrected chi connectivity index (χ4v) is 3.64. The van der Waals surface area contributed by atoms with Crippen LogP contribution in [0.25, 0.3) is 17.4 Å². The first-order valence-corrected chi connectivity index (χ1v) is 9.52. The lowest BCUT2D eigenvalue weighted by atomic mass is 10.1. The Hall–Kier alpha value is -3.65. The highest BCUT2D eigenvalue weighted by Gasteiger charge is 2.25. The molecule has 0 spiro atoms. The molecule has 1 aliphatic rings. The molecular weight excluding hydrogens is 390 g/mol. The number of nitrogens with zero attached hydrogens (tertiary/aromatic N) is 2. The topological polar surface area (TPSA) is 97.7 Å². The molecule has 7 nitrogen and oxygen atoms in total. The Morgan fingerprint density at radius 3 is 2.66 bits per heavy atom. The number of carbonyl (C=O) groups is 1. The Kier molecular flexibility index (Phi) is 5.01. The van der Waals surface area contributed by atoms with Gasteiger partial charge in [0.05, 0.1) is 21.1 Å². The number of amides is 1. The van der Waals surface area contributed by atoms with Crippen molar-refractivity contribution in [3.8, 4) is 11.3 Å². The summed E-state index contributed by atoms with van der Waals surface area (Å²) in [5.74, 6) is 0.514. The van der Waals surface area contributed by atoms with Gasteiger partial charge in [0, 0.05) is 12.1 Å². The number of nitro groups is 1. The van der Waals surface area contributed by atoms with E-state index >= 15 is 0 Å². The molecule has 0 radical (unpaired) electrons. The number of furan rings is 1. The lowest BCUT2D eigenvalue weighted by Gasteiger charge is -1.99. The van der Waals surface area contributed by atoms with Crippen LogP contribution in [0.5, 0.6) is 0 Å². The van der Waals surface area contributed by atoms with Gasteiger partial charge in [-0.3, -0.25) is 14.9 Å². The number of para-hydroxylation sites is 2. The van der Waals surface area contributed by atoms with E-state index in [-0.39, 0.29) is 11.6 Å². The van der Waals surface area contributed by atoms with Crippen molar-refractivity contribution >= 4 is 40.3 Å². The zero-order valence-electron chi connectivity index (χ0n) is 15.3. The van der Waals surface area contributed by atoms with E-state index < -0.39 is 4.92 Å². The fourth-order valence-electron chi connectivity index (χ4n) is 2.82. The monoisotopic (exact) mass is 405 g/mol. The summed E-state index contributed by atoms with van der Waals surface area (Å²) in [5.41, 5.74) is 2.13. The molecule has 0 bridgehead atoms. The zero-order chi connectivity index (χ0) is 20.4. The molecule has 0 unspecified atom stereocenters. The number of rotatable bonds is 4. The normalized spacial score (nSPS) is 16.4. The molecule has 0 saturated carbocycles. The Bertz CT molecular complexity index is 1180.